The average molecular weight is 478 g/mol. The van der Waals surface area contributed by atoms with E-state index in [4.69, 9.17) is 4.42 Å². The van der Waals surface area contributed by atoms with E-state index in [-0.39, 0.29) is 16.3 Å². The molecule has 0 fully saturated rings. The lowest BCUT2D eigenvalue weighted by Crippen LogP contribution is -2.12. The van der Waals surface area contributed by atoms with Gasteiger partial charge in [0.2, 0.25) is 30.6 Å². The number of aromatic nitrogens is 1. The lowest BCUT2D eigenvalue weighted by atomic mass is 10.2. The number of nitrogens with zero attached hydrogens (tertiary/aromatic N) is 1. The van der Waals surface area contributed by atoms with E-state index in [1.54, 1.807) is 36.6 Å². The van der Waals surface area contributed by atoms with Crippen molar-refractivity contribution in [3.05, 3.63) is 83.0 Å². The van der Waals surface area contributed by atoms with Crippen LogP contribution in [0.3, 0.4) is 0 Å². The fourth-order valence-corrected chi connectivity index (χ4v) is 6.71. The van der Waals surface area contributed by atoms with Crippen molar-refractivity contribution in [1.82, 2.24) is 4.98 Å². The Hall–Kier alpha value is -2.82. The minimum absolute atomic E-state index is 0.102. The maximum absolute atomic E-state index is 14.1. The average Bonchev–Trinajstić information content (AvgIpc) is 3.40. The van der Waals surface area contributed by atoms with E-state index in [1.165, 1.54) is 41.7 Å². The first kappa shape index (κ1) is 21.4. The fourth-order valence-electron chi connectivity index (χ4n) is 2.88. The first-order valence-corrected chi connectivity index (χ1v) is 13.0. The molecule has 0 aliphatic rings. The van der Waals surface area contributed by atoms with Crippen molar-refractivity contribution in [2.24, 2.45) is 0 Å². The van der Waals surface area contributed by atoms with Crippen molar-refractivity contribution in [3.8, 4) is 10.8 Å². The molecular weight excluding hydrogens is 461 g/mol. The lowest BCUT2D eigenvalue weighted by Gasteiger charge is -2.06. The Morgan fingerprint density at radius 1 is 0.968 bits per heavy atom. The molecular formula is C21H16FNO5S3. The van der Waals surface area contributed by atoms with Crippen LogP contribution in [0.2, 0.25) is 0 Å². The third kappa shape index (κ3) is 4.18. The number of rotatable bonds is 6. The van der Waals surface area contributed by atoms with Crippen LogP contribution in [0.15, 0.2) is 85.5 Å². The van der Waals surface area contributed by atoms with Gasteiger partial charge in [0.25, 0.3) is 5.09 Å². The molecule has 160 valence electrons. The van der Waals surface area contributed by atoms with Crippen LogP contribution in [0.4, 0.5) is 4.39 Å². The quantitative estimate of drug-likeness (QED) is 0.401. The number of sulfone groups is 2. The zero-order valence-electron chi connectivity index (χ0n) is 16.1. The smallest absolute Gasteiger partial charge is 0.258 e. The number of hydrogen-bond donors (Lipinski definition) is 0. The predicted molar refractivity (Wildman–Crippen MR) is 114 cm³/mol. The third-order valence-electron chi connectivity index (χ3n) is 4.47. The number of halogens is 1. The summed E-state index contributed by atoms with van der Waals surface area (Å²) in [7, 11) is -8.70. The van der Waals surface area contributed by atoms with Gasteiger partial charge in [-0.15, -0.1) is 11.3 Å². The lowest BCUT2D eigenvalue weighted by molar-refractivity contribution is 0.445. The molecule has 0 spiro atoms. The normalized spacial score (nSPS) is 12.2. The highest BCUT2D eigenvalue weighted by Crippen LogP contribution is 2.35. The first-order chi connectivity index (χ1) is 14.7. The molecule has 0 N–H and O–H groups in total. The minimum Gasteiger partial charge on any atom is -0.422 e. The molecule has 6 nitrogen and oxygen atoms in total. The monoisotopic (exact) mass is 477 g/mol. The predicted octanol–water partition coefficient (Wildman–Crippen LogP) is 4.66. The molecule has 0 radical (unpaired) electrons. The fraction of sp³-hybridized carbons (Fsp3) is 0.0952. The van der Waals surface area contributed by atoms with Crippen LogP contribution in [0.1, 0.15) is 11.1 Å². The van der Waals surface area contributed by atoms with Gasteiger partial charge in [-0.25, -0.2) is 21.2 Å². The summed E-state index contributed by atoms with van der Waals surface area (Å²) in [6, 6.07) is 14.6. The molecule has 0 aliphatic heterocycles. The molecule has 4 rings (SSSR count). The summed E-state index contributed by atoms with van der Waals surface area (Å²) >= 11 is 1.22. The van der Waals surface area contributed by atoms with Gasteiger partial charge < -0.3 is 4.42 Å². The summed E-state index contributed by atoms with van der Waals surface area (Å²) < 4.78 is 72.3. The first-order valence-electron chi connectivity index (χ1n) is 9.01. The van der Waals surface area contributed by atoms with E-state index >= 15 is 0 Å². The van der Waals surface area contributed by atoms with Crippen molar-refractivity contribution in [2.75, 3.05) is 0 Å². The van der Waals surface area contributed by atoms with E-state index in [0.717, 1.165) is 11.6 Å². The number of hydrogen-bond acceptors (Lipinski definition) is 7. The number of oxazole rings is 1. The number of benzene rings is 2. The molecule has 0 amide bonds. The van der Waals surface area contributed by atoms with E-state index in [2.05, 4.69) is 4.98 Å². The van der Waals surface area contributed by atoms with E-state index < -0.39 is 41.4 Å². The SMILES string of the molecule is Cc1ccc(S(=O)(=O)c2nc(-c3cccs3)oc2S(=O)(=O)Cc2ccccc2F)cc1. The van der Waals surface area contributed by atoms with E-state index in [1.807, 2.05) is 0 Å². The Bertz CT molecular complexity index is 1440. The molecule has 0 saturated heterocycles. The zero-order valence-corrected chi connectivity index (χ0v) is 18.6. The summed E-state index contributed by atoms with van der Waals surface area (Å²) in [4.78, 5) is 4.38. The molecule has 2 heterocycles. The van der Waals surface area contributed by atoms with Crippen LogP contribution in [-0.2, 0) is 25.4 Å². The molecule has 0 saturated carbocycles. The van der Waals surface area contributed by atoms with Gasteiger partial charge in [-0.05, 0) is 36.6 Å². The standard InChI is InChI=1S/C21H16FNO5S3/c1-14-8-10-16(11-9-14)31(26,27)20-21(28-19(23-20)18-7-4-12-29-18)30(24,25)13-15-5-2-3-6-17(15)22/h2-12H,13H2,1H3. The molecule has 4 aromatic rings. The highest BCUT2D eigenvalue weighted by molar-refractivity contribution is 7.94. The van der Waals surface area contributed by atoms with Crippen molar-refractivity contribution >= 4 is 31.0 Å². The number of thiophene rings is 1. The Morgan fingerprint density at radius 3 is 2.32 bits per heavy atom. The minimum atomic E-state index is -4.38. The highest BCUT2D eigenvalue weighted by atomic mass is 32.2. The Kier molecular flexibility index (Phi) is 5.54. The van der Waals surface area contributed by atoms with Gasteiger partial charge in [0.15, 0.2) is 0 Å². The molecule has 10 heteroatoms. The molecule has 31 heavy (non-hydrogen) atoms. The number of aryl methyl sites for hydroxylation is 1. The Labute approximate surface area is 182 Å². The molecule has 2 aromatic carbocycles. The van der Waals surface area contributed by atoms with Crippen LogP contribution in [0.5, 0.6) is 0 Å². The van der Waals surface area contributed by atoms with Crippen molar-refractivity contribution in [2.45, 2.75) is 27.7 Å². The zero-order chi connectivity index (χ0) is 22.2. The van der Waals surface area contributed by atoms with E-state index in [0.29, 0.717) is 4.88 Å². The summed E-state index contributed by atoms with van der Waals surface area (Å²) in [6.45, 7) is 1.80. The topological polar surface area (TPSA) is 94.3 Å². The highest BCUT2D eigenvalue weighted by Gasteiger charge is 2.36. The van der Waals surface area contributed by atoms with Gasteiger partial charge in [0, 0.05) is 5.56 Å². The van der Waals surface area contributed by atoms with E-state index in [9.17, 15) is 21.2 Å². The van der Waals surface area contributed by atoms with Crippen molar-refractivity contribution in [1.29, 1.82) is 0 Å². The maximum atomic E-state index is 14.1. The maximum Gasteiger partial charge on any atom is 0.258 e. The van der Waals surface area contributed by atoms with Crippen LogP contribution in [0.25, 0.3) is 10.8 Å². The van der Waals surface area contributed by atoms with Gasteiger partial charge in [-0.3, -0.25) is 0 Å². The molecule has 0 atom stereocenters. The van der Waals surface area contributed by atoms with Crippen LogP contribution in [-0.4, -0.2) is 21.8 Å². The van der Waals surface area contributed by atoms with Crippen LogP contribution in [0, 0.1) is 12.7 Å². The third-order valence-corrected chi connectivity index (χ3v) is 8.67. The second-order valence-corrected chi connectivity index (χ2v) is 11.5. The van der Waals surface area contributed by atoms with Gasteiger partial charge in [0.05, 0.1) is 15.5 Å². The van der Waals surface area contributed by atoms with Gasteiger partial charge in [-0.1, -0.05) is 42.0 Å². The van der Waals surface area contributed by atoms with Crippen LogP contribution < -0.4 is 0 Å². The molecule has 2 aromatic heterocycles. The summed E-state index contributed by atoms with van der Waals surface area (Å²) in [5.74, 6) is -1.62. The summed E-state index contributed by atoms with van der Waals surface area (Å²) in [6.07, 6.45) is 0. The molecule has 0 aliphatic carbocycles. The van der Waals surface area contributed by atoms with Gasteiger partial charge in [0.1, 0.15) is 5.82 Å². The molecule has 0 unspecified atom stereocenters. The second-order valence-electron chi connectivity index (χ2n) is 6.76. The van der Waals surface area contributed by atoms with Gasteiger partial charge >= 0.3 is 0 Å². The largest absolute Gasteiger partial charge is 0.422 e. The second kappa shape index (κ2) is 8.03. The molecule has 0 bridgehead atoms. The summed E-state index contributed by atoms with van der Waals surface area (Å²) in [5, 5.41) is 0.206. The summed E-state index contributed by atoms with van der Waals surface area (Å²) in [5.41, 5.74) is 0.737. The Balaban J connectivity index is 1.89. The van der Waals surface area contributed by atoms with Crippen molar-refractivity contribution in [3.63, 3.8) is 0 Å². The van der Waals surface area contributed by atoms with Gasteiger partial charge in [-0.2, -0.15) is 4.98 Å². The van der Waals surface area contributed by atoms with Crippen LogP contribution >= 0.6 is 11.3 Å². The van der Waals surface area contributed by atoms with Crippen molar-refractivity contribution < 1.29 is 25.6 Å². The Morgan fingerprint density at radius 2 is 1.68 bits per heavy atom.